The van der Waals surface area contributed by atoms with Crippen molar-refractivity contribution >= 4 is 27.4 Å². The Labute approximate surface area is 103 Å². The highest BCUT2D eigenvalue weighted by atomic mass is 79.9. The largest absolute Gasteiger partial charge is 0.418 e. The Bertz CT molecular complexity index is 505. The first-order valence-electron chi connectivity index (χ1n) is 4.31. The normalized spacial score (nSPS) is 11.0. The number of nitrogen functional groups attached to an aromatic ring is 1. The van der Waals surface area contributed by atoms with Crippen LogP contribution in [0.25, 0.3) is 0 Å². The molecule has 0 aliphatic heterocycles. The van der Waals surface area contributed by atoms with Crippen LogP contribution >= 0.6 is 15.9 Å². The number of nitrogens with two attached hydrogens (primary N) is 1. The van der Waals surface area contributed by atoms with Gasteiger partial charge in [-0.2, -0.15) is 18.4 Å². The highest BCUT2D eigenvalue weighted by Gasteiger charge is 2.34. The van der Waals surface area contributed by atoms with Gasteiger partial charge in [0.25, 0.3) is 0 Å². The molecule has 0 aliphatic rings. The van der Waals surface area contributed by atoms with E-state index in [4.69, 9.17) is 11.0 Å². The van der Waals surface area contributed by atoms with Crippen LogP contribution in [0, 0.1) is 11.3 Å². The first-order valence-corrected chi connectivity index (χ1v) is 5.43. The minimum atomic E-state index is -4.70. The number of anilines is 1. The summed E-state index contributed by atoms with van der Waals surface area (Å²) in [5.74, 6) is -0.549. The Balaban J connectivity index is 3.51. The third kappa shape index (κ3) is 2.77. The number of halogens is 4. The summed E-state index contributed by atoms with van der Waals surface area (Å²) < 4.78 is 37.8. The van der Waals surface area contributed by atoms with E-state index in [2.05, 4.69) is 15.9 Å². The predicted octanol–water partition coefficient (Wildman–Crippen LogP) is 2.74. The van der Waals surface area contributed by atoms with E-state index < -0.39 is 23.2 Å². The van der Waals surface area contributed by atoms with E-state index in [1.54, 1.807) is 0 Å². The summed E-state index contributed by atoms with van der Waals surface area (Å²) in [6, 6.07) is 3.24. The summed E-state index contributed by atoms with van der Waals surface area (Å²) in [5.41, 5.74) is 2.85. The first-order chi connectivity index (χ1) is 7.81. The molecule has 0 heterocycles. The zero-order valence-electron chi connectivity index (χ0n) is 8.31. The second-order valence-electron chi connectivity index (χ2n) is 3.15. The van der Waals surface area contributed by atoms with Crippen LogP contribution in [0.5, 0.6) is 0 Å². The molecule has 0 unspecified atom stereocenters. The first kappa shape index (κ1) is 13.5. The number of carbonyl (C=O) groups excluding carboxylic acids is 1. The maximum atomic E-state index is 12.6. The summed E-state index contributed by atoms with van der Waals surface area (Å²) in [6.07, 6.45) is -4.70. The van der Waals surface area contributed by atoms with Crippen LogP contribution in [-0.2, 0) is 6.18 Å². The lowest BCUT2D eigenvalue weighted by atomic mass is 10.0. The molecular weight excluding hydrogens is 301 g/mol. The predicted molar refractivity (Wildman–Crippen MR) is 58.7 cm³/mol. The van der Waals surface area contributed by atoms with Gasteiger partial charge in [-0.15, -0.1) is 0 Å². The molecule has 1 aromatic carbocycles. The average molecular weight is 307 g/mol. The van der Waals surface area contributed by atoms with Crippen LogP contribution in [0.15, 0.2) is 12.1 Å². The number of nitriles is 1. The van der Waals surface area contributed by atoms with Gasteiger partial charge in [0.2, 0.25) is 0 Å². The van der Waals surface area contributed by atoms with Crippen molar-refractivity contribution in [2.45, 2.75) is 6.18 Å². The topological polar surface area (TPSA) is 66.9 Å². The molecule has 7 heteroatoms. The van der Waals surface area contributed by atoms with Crippen LogP contribution in [0.1, 0.15) is 21.5 Å². The van der Waals surface area contributed by atoms with E-state index in [1.165, 1.54) is 6.07 Å². The third-order valence-corrected chi connectivity index (χ3v) is 2.56. The second kappa shape index (κ2) is 4.75. The number of benzene rings is 1. The lowest BCUT2D eigenvalue weighted by molar-refractivity contribution is -0.136. The molecule has 0 atom stereocenters. The fourth-order valence-electron chi connectivity index (χ4n) is 1.22. The molecule has 1 rings (SSSR count). The fraction of sp³-hybridized carbons (Fsp3) is 0.200. The molecule has 0 radical (unpaired) electrons. The van der Waals surface area contributed by atoms with Crippen molar-refractivity contribution in [2.75, 3.05) is 11.1 Å². The van der Waals surface area contributed by atoms with E-state index >= 15 is 0 Å². The number of Topliss-reactive ketones (excluding diaryl/α,β-unsaturated/α-hetero) is 1. The van der Waals surface area contributed by atoms with Crippen LogP contribution in [-0.4, -0.2) is 11.1 Å². The molecule has 0 bridgehead atoms. The molecule has 3 nitrogen and oxygen atoms in total. The van der Waals surface area contributed by atoms with Gasteiger partial charge < -0.3 is 5.73 Å². The zero-order chi connectivity index (χ0) is 13.2. The molecular formula is C10H6BrF3N2O. The van der Waals surface area contributed by atoms with Gasteiger partial charge >= 0.3 is 6.18 Å². The highest BCUT2D eigenvalue weighted by Crippen LogP contribution is 2.36. The van der Waals surface area contributed by atoms with Gasteiger partial charge in [-0.3, -0.25) is 4.79 Å². The van der Waals surface area contributed by atoms with Crippen LogP contribution < -0.4 is 5.73 Å². The van der Waals surface area contributed by atoms with E-state index in [0.29, 0.717) is 6.07 Å². The number of hydrogen-bond acceptors (Lipinski definition) is 3. The van der Waals surface area contributed by atoms with Crippen LogP contribution in [0.4, 0.5) is 18.9 Å². The Hall–Kier alpha value is -1.55. The number of hydrogen-bond donors (Lipinski definition) is 1. The monoisotopic (exact) mass is 306 g/mol. The molecule has 0 saturated heterocycles. The molecule has 0 aromatic heterocycles. The van der Waals surface area contributed by atoms with E-state index in [1.807, 2.05) is 0 Å². The highest BCUT2D eigenvalue weighted by molar-refractivity contribution is 9.09. The average Bonchev–Trinajstić information content (AvgIpc) is 2.26. The van der Waals surface area contributed by atoms with Gasteiger partial charge in [0.15, 0.2) is 5.78 Å². The fourth-order valence-corrected chi connectivity index (χ4v) is 1.54. The van der Waals surface area contributed by atoms with E-state index in [-0.39, 0.29) is 16.5 Å². The molecule has 0 amide bonds. The number of nitrogens with zero attached hydrogens (tertiary/aromatic N) is 1. The van der Waals surface area contributed by atoms with Crippen molar-refractivity contribution in [1.82, 2.24) is 0 Å². The summed E-state index contributed by atoms with van der Waals surface area (Å²) in [7, 11) is 0. The molecule has 2 N–H and O–H groups in total. The van der Waals surface area contributed by atoms with Gasteiger partial charge in [0.1, 0.15) is 6.07 Å². The lowest BCUT2D eigenvalue weighted by Crippen LogP contribution is -2.13. The Kier molecular flexibility index (Phi) is 3.78. The van der Waals surface area contributed by atoms with Gasteiger partial charge in [-0.1, -0.05) is 15.9 Å². The summed E-state index contributed by atoms with van der Waals surface area (Å²) in [5, 5.41) is 8.54. The van der Waals surface area contributed by atoms with Gasteiger partial charge in [0.05, 0.1) is 22.1 Å². The maximum Gasteiger partial charge on any atom is 0.418 e. The van der Waals surface area contributed by atoms with Gasteiger partial charge in [0, 0.05) is 5.56 Å². The SMILES string of the molecule is N#Cc1cc(C(=O)CBr)cc(C(F)(F)F)c1N. The van der Waals surface area contributed by atoms with Crippen molar-refractivity contribution in [2.24, 2.45) is 0 Å². The number of carbonyl (C=O) groups is 1. The van der Waals surface area contributed by atoms with Crippen LogP contribution in [0.3, 0.4) is 0 Å². The van der Waals surface area contributed by atoms with Gasteiger partial charge in [-0.05, 0) is 12.1 Å². The van der Waals surface area contributed by atoms with E-state index in [0.717, 1.165) is 6.07 Å². The van der Waals surface area contributed by atoms with Crippen molar-refractivity contribution in [3.8, 4) is 6.07 Å². The Morgan fingerprint density at radius 2 is 2.06 bits per heavy atom. The third-order valence-electron chi connectivity index (χ3n) is 2.05. The smallest absolute Gasteiger partial charge is 0.397 e. The molecule has 90 valence electrons. The molecule has 17 heavy (non-hydrogen) atoms. The van der Waals surface area contributed by atoms with Crippen molar-refractivity contribution in [1.29, 1.82) is 5.26 Å². The van der Waals surface area contributed by atoms with E-state index in [9.17, 15) is 18.0 Å². The molecule has 0 spiro atoms. The lowest BCUT2D eigenvalue weighted by Gasteiger charge is -2.12. The van der Waals surface area contributed by atoms with Crippen LogP contribution in [0.2, 0.25) is 0 Å². The summed E-state index contributed by atoms with van der Waals surface area (Å²) in [6.45, 7) is 0. The number of rotatable bonds is 2. The minimum absolute atomic E-state index is 0.126. The maximum absolute atomic E-state index is 12.6. The second-order valence-corrected chi connectivity index (χ2v) is 3.71. The molecule has 0 fully saturated rings. The Morgan fingerprint density at radius 1 is 1.47 bits per heavy atom. The standard InChI is InChI=1S/C10H6BrF3N2O/c11-3-8(17)5-1-6(4-15)9(16)7(2-5)10(12,13)14/h1-2H,3,16H2. The number of alkyl halides is 4. The summed E-state index contributed by atoms with van der Waals surface area (Å²) >= 11 is 2.85. The zero-order valence-corrected chi connectivity index (χ0v) is 9.89. The van der Waals surface area contributed by atoms with Crippen molar-refractivity contribution in [3.05, 3.63) is 28.8 Å². The quantitative estimate of drug-likeness (QED) is 0.519. The molecule has 0 aliphatic carbocycles. The molecule has 1 aromatic rings. The minimum Gasteiger partial charge on any atom is -0.397 e. The number of ketones is 1. The van der Waals surface area contributed by atoms with Crippen molar-refractivity contribution in [3.63, 3.8) is 0 Å². The van der Waals surface area contributed by atoms with Gasteiger partial charge in [-0.25, -0.2) is 0 Å². The van der Waals surface area contributed by atoms with Crippen molar-refractivity contribution < 1.29 is 18.0 Å². The summed E-state index contributed by atoms with van der Waals surface area (Å²) in [4.78, 5) is 11.3. The molecule has 0 saturated carbocycles. The Morgan fingerprint density at radius 3 is 2.47 bits per heavy atom.